The normalized spacial score (nSPS) is 11.1. The number of hydrogen-bond donors (Lipinski definition) is 1. The molecule has 0 heterocycles. The molecule has 0 spiro atoms. The standard InChI is InChI=1S/C12H15F2NO2/c1-12(2,3)17-11(16)15-7-8-5-4-6-9(13)10(8)14/h4-6H,7H2,1-3H3,(H,15,16). The lowest BCUT2D eigenvalue weighted by molar-refractivity contribution is 0.0523. The first-order valence-corrected chi connectivity index (χ1v) is 5.19. The van der Waals surface area contributed by atoms with Gasteiger partial charge in [-0.15, -0.1) is 0 Å². The Morgan fingerprint density at radius 2 is 2.00 bits per heavy atom. The van der Waals surface area contributed by atoms with Crippen molar-refractivity contribution in [1.82, 2.24) is 5.32 Å². The van der Waals surface area contributed by atoms with Crippen molar-refractivity contribution in [3.63, 3.8) is 0 Å². The lowest BCUT2D eigenvalue weighted by atomic mass is 10.2. The van der Waals surface area contributed by atoms with E-state index in [-0.39, 0.29) is 12.1 Å². The smallest absolute Gasteiger partial charge is 0.407 e. The summed E-state index contributed by atoms with van der Waals surface area (Å²) in [5.41, 5.74) is -0.541. The van der Waals surface area contributed by atoms with Gasteiger partial charge in [0.2, 0.25) is 0 Å². The van der Waals surface area contributed by atoms with Crippen molar-refractivity contribution >= 4 is 6.09 Å². The van der Waals surface area contributed by atoms with Gasteiger partial charge in [-0.1, -0.05) is 12.1 Å². The van der Waals surface area contributed by atoms with Gasteiger partial charge in [0, 0.05) is 12.1 Å². The Labute approximate surface area is 98.8 Å². The van der Waals surface area contributed by atoms with Crippen LogP contribution < -0.4 is 5.32 Å². The maximum Gasteiger partial charge on any atom is 0.407 e. The minimum Gasteiger partial charge on any atom is -0.444 e. The molecule has 94 valence electrons. The molecule has 17 heavy (non-hydrogen) atoms. The molecular weight excluding hydrogens is 228 g/mol. The highest BCUT2D eigenvalue weighted by molar-refractivity contribution is 5.67. The van der Waals surface area contributed by atoms with Crippen molar-refractivity contribution in [2.24, 2.45) is 0 Å². The summed E-state index contributed by atoms with van der Waals surface area (Å²) in [4.78, 5) is 11.3. The highest BCUT2D eigenvalue weighted by Crippen LogP contribution is 2.11. The topological polar surface area (TPSA) is 38.3 Å². The Morgan fingerprint density at radius 3 is 2.59 bits per heavy atom. The average molecular weight is 243 g/mol. The Bertz CT molecular complexity index is 413. The first-order valence-electron chi connectivity index (χ1n) is 5.19. The van der Waals surface area contributed by atoms with Gasteiger partial charge in [-0.2, -0.15) is 0 Å². The van der Waals surface area contributed by atoms with Crippen LogP contribution in [0, 0.1) is 11.6 Å². The van der Waals surface area contributed by atoms with Crippen LogP contribution in [0.1, 0.15) is 26.3 Å². The predicted molar refractivity (Wildman–Crippen MR) is 59.4 cm³/mol. The third-order valence-corrected chi connectivity index (χ3v) is 1.85. The van der Waals surface area contributed by atoms with Gasteiger partial charge < -0.3 is 10.1 Å². The van der Waals surface area contributed by atoms with Crippen LogP contribution in [0.5, 0.6) is 0 Å². The van der Waals surface area contributed by atoms with E-state index in [0.717, 1.165) is 6.07 Å². The summed E-state index contributed by atoms with van der Waals surface area (Å²) in [5.74, 6) is -1.89. The summed E-state index contributed by atoms with van der Waals surface area (Å²) < 4.78 is 31.0. The Balaban J connectivity index is 2.56. The van der Waals surface area contributed by atoms with Gasteiger partial charge in [-0.3, -0.25) is 0 Å². The molecule has 1 rings (SSSR count). The molecule has 1 aromatic carbocycles. The molecule has 0 fully saturated rings. The van der Waals surface area contributed by atoms with E-state index in [4.69, 9.17) is 4.74 Å². The fourth-order valence-electron chi connectivity index (χ4n) is 1.17. The molecular formula is C12H15F2NO2. The Morgan fingerprint density at radius 1 is 1.35 bits per heavy atom. The zero-order chi connectivity index (χ0) is 13.1. The third-order valence-electron chi connectivity index (χ3n) is 1.85. The number of amides is 1. The van der Waals surface area contributed by atoms with Crippen LogP contribution in [0.25, 0.3) is 0 Å². The highest BCUT2D eigenvalue weighted by Gasteiger charge is 2.16. The lowest BCUT2D eigenvalue weighted by Crippen LogP contribution is -2.32. The SMILES string of the molecule is CC(C)(C)OC(=O)NCc1cccc(F)c1F. The molecule has 0 bridgehead atoms. The van der Waals surface area contributed by atoms with E-state index < -0.39 is 23.3 Å². The second-order valence-electron chi connectivity index (χ2n) is 4.57. The Kier molecular flexibility index (Phi) is 4.04. The van der Waals surface area contributed by atoms with E-state index in [2.05, 4.69) is 5.32 Å². The minimum atomic E-state index is -0.955. The predicted octanol–water partition coefficient (Wildman–Crippen LogP) is 2.99. The summed E-state index contributed by atoms with van der Waals surface area (Å²) in [7, 11) is 0. The molecule has 5 heteroatoms. The zero-order valence-electron chi connectivity index (χ0n) is 10.0. The molecule has 0 aliphatic carbocycles. The second-order valence-corrected chi connectivity index (χ2v) is 4.57. The summed E-state index contributed by atoms with van der Waals surface area (Å²) in [5, 5.41) is 2.36. The fourth-order valence-corrected chi connectivity index (χ4v) is 1.17. The maximum absolute atomic E-state index is 13.2. The minimum absolute atomic E-state index is 0.0795. The van der Waals surface area contributed by atoms with Crippen LogP contribution in [0.15, 0.2) is 18.2 Å². The quantitative estimate of drug-likeness (QED) is 0.867. The molecule has 1 aromatic rings. The van der Waals surface area contributed by atoms with Crippen molar-refractivity contribution in [2.45, 2.75) is 32.9 Å². The van der Waals surface area contributed by atoms with Crippen LogP contribution in [0.2, 0.25) is 0 Å². The molecule has 0 atom stereocenters. The van der Waals surface area contributed by atoms with Crippen LogP contribution in [0.4, 0.5) is 13.6 Å². The molecule has 0 aliphatic heterocycles. The first-order chi connectivity index (χ1) is 7.79. The van der Waals surface area contributed by atoms with Crippen molar-refractivity contribution in [2.75, 3.05) is 0 Å². The van der Waals surface area contributed by atoms with Crippen LogP contribution in [-0.4, -0.2) is 11.7 Å². The van der Waals surface area contributed by atoms with Crippen molar-refractivity contribution in [3.8, 4) is 0 Å². The van der Waals surface area contributed by atoms with Gasteiger partial charge in [0.05, 0.1) is 0 Å². The number of carbonyl (C=O) groups excluding carboxylic acids is 1. The van der Waals surface area contributed by atoms with E-state index in [1.54, 1.807) is 20.8 Å². The van der Waals surface area contributed by atoms with E-state index in [1.807, 2.05) is 0 Å². The van der Waals surface area contributed by atoms with Gasteiger partial charge in [0.1, 0.15) is 5.60 Å². The molecule has 0 saturated heterocycles. The molecule has 1 amide bonds. The van der Waals surface area contributed by atoms with Crippen LogP contribution in [-0.2, 0) is 11.3 Å². The number of nitrogens with one attached hydrogen (secondary N) is 1. The van der Waals surface area contributed by atoms with E-state index >= 15 is 0 Å². The molecule has 0 radical (unpaired) electrons. The van der Waals surface area contributed by atoms with E-state index in [1.165, 1.54) is 12.1 Å². The summed E-state index contributed by atoms with van der Waals surface area (Å²) in [6.07, 6.45) is -0.666. The molecule has 1 N–H and O–H groups in total. The molecule has 0 aliphatic rings. The maximum atomic E-state index is 13.2. The number of alkyl carbamates (subject to hydrolysis) is 1. The molecule has 3 nitrogen and oxygen atoms in total. The number of halogens is 2. The Hall–Kier alpha value is -1.65. The van der Waals surface area contributed by atoms with Crippen molar-refractivity contribution in [3.05, 3.63) is 35.4 Å². The molecule has 0 saturated carbocycles. The lowest BCUT2D eigenvalue weighted by Gasteiger charge is -2.19. The number of hydrogen-bond acceptors (Lipinski definition) is 2. The first kappa shape index (κ1) is 13.4. The number of rotatable bonds is 2. The second kappa shape index (κ2) is 5.12. The monoisotopic (exact) mass is 243 g/mol. The largest absolute Gasteiger partial charge is 0.444 e. The summed E-state index contributed by atoms with van der Waals surface area (Å²) in [6, 6.07) is 3.80. The number of ether oxygens (including phenoxy) is 1. The molecule has 0 aromatic heterocycles. The summed E-state index contributed by atoms with van der Waals surface area (Å²) >= 11 is 0. The van der Waals surface area contributed by atoms with Gasteiger partial charge >= 0.3 is 6.09 Å². The number of benzene rings is 1. The van der Waals surface area contributed by atoms with Crippen LogP contribution in [0.3, 0.4) is 0 Å². The zero-order valence-corrected chi connectivity index (χ0v) is 10.0. The van der Waals surface area contributed by atoms with Gasteiger partial charge in [-0.05, 0) is 26.8 Å². The van der Waals surface area contributed by atoms with Gasteiger partial charge in [0.15, 0.2) is 11.6 Å². The van der Waals surface area contributed by atoms with E-state index in [9.17, 15) is 13.6 Å². The average Bonchev–Trinajstić information content (AvgIpc) is 2.18. The van der Waals surface area contributed by atoms with E-state index in [0.29, 0.717) is 0 Å². The summed E-state index contributed by atoms with van der Waals surface area (Å²) in [6.45, 7) is 5.04. The van der Waals surface area contributed by atoms with Gasteiger partial charge in [0.25, 0.3) is 0 Å². The molecule has 0 unspecified atom stereocenters. The van der Waals surface area contributed by atoms with Crippen molar-refractivity contribution in [1.29, 1.82) is 0 Å². The highest BCUT2D eigenvalue weighted by atomic mass is 19.2. The third kappa shape index (κ3) is 4.38. The van der Waals surface area contributed by atoms with Gasteiger partial charge in [-0.25, -0.2) is 13.6 Å². The van der Waals surface area contributed by atoms with Crippen molar-refractivity contribution < 1.29 is 18.3 Å². The van der Waals surface area contributed by atoms with Crippen LogP contribution >= 0.6 is 0 Å². The fraction of sp³-hybridized carbons (Fsp3) is 0.417. The number of carbonyl (C=O) groups is 1.